The Balaban J connectivity index is 0.000000159. The highest BCUT2D eigenvalue weighted by Gasteiger charge is 2.75. The second-order valence-corrected chi connectivity index (χ2v) is 30.8. The molecule has 2 aromatic carbocycles. The van der Waals surface area contributed by atoms with Crippen LogP contribution in [-0.4, -0.2) is 88.2 Å². The van der Waals surface area contributed by atoms with Gasteiger partial charge in [0.1, 0.15) is 37.9 Å². The van der Waals surface area contributed by atoms with Gasteiger partial charge in [-0.15, -0.1) is 55.5 Å². The lowest BCUT2D eigenvalue weighted by molar-refractivity contribution is -0.139. The minimum atomic E-state index is -1.36. The molecule has 4 aliphatic carbocycles. The van der Waals surface area contributed by atoms with Gasteiger partial charge in [-0.2, -0.15) is 0 Å². The van der Waals surface area contributed by atoms with Crippen LogP contribution in [0.2, 0.25) is 20.4 Å². The van der Waals surface area contributed by atoms with Gasteiger partial charge in [0.15, 0.2) is 27.7 Å². The SMILES string of the molecule is CC1(C)CCC2(CC1)N[C@@H](C(=O)CC1CCC(c3nncs3)CC1)[C@H](c1ccnc(Cl)c1F)[C@]21C(=O)Nc2cc(Cl)ccc21.CC1(C)CCC2(CC1)N[C@@H](C(=O)O)[C@H](c1ccnc(Cl)c1F)C21C(=O)Nc2cc(Cl)ccc21.Cl.NC1CCC(c2nncs2)CC1. The number of pyridine rings is 2. The molecule has 2 saturated heterocycles. The van der Waals surface area contributed by atoms with Crippen molar-refractivity contribution in [1.29, 1.82) is 0 Å². The smallest absolute Gasteiger partial charge is 0.321 e. The van der Waals surface area contributed by atoms with Gasteiger partial charge in [-0.25, -0.2) is 18.7 Å². The summed E-state index contributed by atoms with van der Waals surface area (Å²) >= 11 is 28.2. The number of nitrogens with one attached hydrogen (secondary N) is 4. The van der Waals surface area contributed by atoms with Gasteiger partial charge < -0.3 is 21.5 Å². The topological polar surface area (TPSA) is 240 Å². The highest BCUT2D eigenvalue weighted by Crippen LogP contribution is 2.66. The summed E-state index contributed by atoms with van der Waals surface area (Å²) in [6, 6.07) is 12.0. The summed E-state index contributed by atoms with van der Waals surface area (Å²) in [7, 11) is 0. The van der Waals surface area contributed by atoms with Gasteiger partial charge in [-0.05, 0) is 178 Å². The van der Waals surface area contributed by atoms with Gasteiger partial charge in [0.05, 0.1) is 6.04 Å². The second-order valence-electron chi connectivity index (χ2n) is 27.5. The van der Waals surface area contributed by atoms with Crippen molar-refractivity contribution in [2.45, 2.75) is 201 Å². The lowest BCUT2D eigenvalue weighted by atomic mass is 9.53. The van der Waals surface area contributed by atoms with Crippen molar-refractivity contribution in [3.05, 3.63) is 136 Å². The molecule has 4 spiro atoms. The number of hydrogen-bond acceptors (Lipinski definition) is 15. The van der Waals surface area contributed by atoms with Crippen LogP contribution in [0.3, 0.4) is 0 Å². The third-order valence-corrected chi connectivity index (χ3v) is 24.2. The Labute approximate surface area is 556 Å². The Morgan fingerprint density at radius 1 is 0.611 bits per heavy atom. The molecular formula is C65H74Cl5F2N11O5S2. The number of carboxylic acid groups (broad SMARTS) is 1. The molecular weight excluding hydrogens is 1290 g/mol. The zero-order chi connectivity index (χ0) is 63.0. The average Bonchev–Trinajstić information content (AvgIpc) is 1.51. The summed E-state index contributed by atoms with van der Waals surface area (Å²) in [6.45, 7) is 8.81. The molecule has 14 rings (SSSR count). The van der Waals surface area contributed by atoms with E-state index in [0.29, 0.717) is 77.0 Å². The van der Waals surface area contributed by atoms with E-state index in [1.54, 1.807) is 64.6 Å². The number of amides is 2. The van der Waals surface area contributed by atoms with Crippen molar-refractivity contribution in [3.63, 3.8) is 0 Å². The number of carbonyl (C=O) groups excluding carboxylic acids is 3. The number of Topliss-reactive ketones (excluding diaryl/α,β-unsaturated/α-hetero) is 1. The molecule has 0 bridgehead atoms. The summed E-state index contributed by atoms with van der Waals surface area (Å²) in [5, 5.41) is 42.2. The number of hydrogen-bond donors (Lipinski definition) is 6. The summed E-state index contributed by atoms with van der Waals surface area (Å²) in [5.41, 5.74) is 8.09. The number of carboxylic acids is 1. The molecule has 8 aliphatic rings. The molecule has 0 radical (unpaired) electrons. The van der Waals surface area contributed by atoms with Gasteiger partial charge in [0.25, 0.3) is 0 Å². The maximum absolute atomic E-state index is 16.1. The van der Waals surface area contributed by atoms with Crippen LogP contribution in [0.25, 0.3) is 0 Å². The quantitative estimate of drug-likeness (QED) is 0.0777. The van der Waals surface area contributed by atoms with Gasteiger partial charge in [0, 0.05) is 81.0 Å². The maximum atomic E-state index is 16.1. The van der Waals surface area contributed by atoms with Crippen LogP contribution < -0.4 is 27.0 Å². The monoisotopic (exact) mass is 1370 g/mol. The Bertz CT molecular complexity index is 3670. The number of carbonyl (C=O) groups is 4. The predicted octanol–water partition coefficient (Wildman–Crippen LogP) is 14.4. The first-order valence-corrected chi connectivity index (χ1v) is 34.1. The van der Waals surface area contributed by atoms with Crippen LogP contribution in [-0.2, 0) is 30.0 Å². The van der Waals surface area contributed by atoms with E-state index in [-0.39, 0.29) is 68.2 Å². The molecule has 4 aromatic heterocycles. The van der Waals surface area contributed by atoms with Gasteiger partial charge >= 0.3 is 5.97 Å². The van der Waals surface area contributed by atoms with Crippen molar-refractivity contribution in [2.75, 3.05) is 10.6 Å². The van der Waals surface area contributed by atoms with E-state index in [1.807, 2.05) is 11.6 Å². The van der Waals surface area contributed by atoms with E-state index < -0.39 is 63.4 Å². The van der Waals surface area contributed by atoms with E-state index >= 15 is 8.78 Å². The van der Waals surface area contributed by atoms with Crippen molar-refractivity contribution in [2.24, 2.45) is 22.5 Å². The zero-order valence-electron chi connectivity index (χ0n) is 50.4. The third-order valence-electron chi connectivity index (χ3n) is 21.5. The van der Waals surface area contributed by atoms with Crippen LogP contribution in [0, 0.1) is 28.4 Å². The summed E-state index contributed by atoms with van der Waals surface area (Å²) < 4.78 is 31.5. The lowest BCUT2D eigenvalue weighted by Crippen LogP contribution is -2.61. The second kappa shape index (κ2) is 25.8. The van der Waals surface area contributed by atoms with E-state index in [2.05, 4.69) is 79.3 Å². The van der Waals surface area contributed by atoms with Gasteiger partial charge in [-0.3, -0.25) is 29.8 Å². The highest BCUT2D eigenvalue weighted by atomic mass is 35.5. The number of nitrogens with two attached hydrogens (primary N) is 1. The number of ketones is 1. The molecule has 6 aromatic rings. The minimum Gasteiger partial charge on any atom is -0.480 e. The van der Waals surface area contributed by atoms with Crippen LogP contribution in [0.1, 0.15) is 193 Å². The molecule has 7 N–H and O–H groups in total. The molecule has 6 atom stereocenters. The Morgan fingerprint density at radius 3 is 1.43 bits per heavy atom. The molecule has 6 fully saturated rings. The highest BCUT2D eigenvalue weighted by molar-refractivity contribution is 7.09. The van der Waals surface area contributed by atoms with Crippen molar-refractivity contribution < 1.29 is 33.1 Å². The first-order chi connectivity index (χ1) is 42.4. The number of benzene rings is 2. The summed E-state index contributed by atoms with van der Waals surface area (Å²) in [6.07, 6.45) is 17.4. The van der Waals surface area contributed by atoms with Crippen LogP contribution in [0.15, 0.2) is 71.9 Å². The third kappa shape index (κ3) is 11.7. The number of nitrogens with zero attached hydrogens (tertiary/aromatic N) is 6. The zero-order valence-corrected chi connectivity index (χ0v) is 55.9. The first kappa shape index (κ1) is 66.6. The molecule has 25 heteroatoms. The number of halogens is 7. The summed E-state index contributed by atoms with van der Waals surface area (Å²) in [4.78, 5) is 63.5. The fraction of sp³-hybridized carbons (Fsp3) is 0.538. The lowest BCUT2D eigenvalue weighted by Gasteiger charge is -2.50. The fourth-order valence-corrected chi connectivity index (χ4v) is 18.9. The standard InChI is InChI=1S/C33H36Cl2FN5O2S.C24H24Cl2FN3O3.C8H13N3S.ClH/c1-31(2)10-12-32(13-11-31)33(22-8-7-20(34)16-23(22)39-30(33)43)25(21-9-14-37-28(35)26(21)36)27(40-32)24(42)15-18-3-5-19(6-4-18)29-41-38-17-44-29;1-22(2)6-8-23(9-7-22)24(14-4-3-12(25)11-15(14)29-21(24)33)16(18(30-23)20(31)32)13-5-10-28-19(26)17(13)27;9-7-3-1-6(2-4-7)8-11-10-5-12-8;/h7-9,14,16-19,25,27,40H,3-6,10-13,15H2,1-2H3,(H,39,43);3-5,10-11,16,18,30H,6-9H2,1-2H3,(H,29,33)(H,31,32);5-7H,1-4,9H2;1H/t18?,19?,25-,27-,33+;16-,18+,24?;;/m00../s1. The maximum Gasteiger partial charge on any atom is 0.321 e. The number of anilines is 2. The van der Waals surface area contributed by atoms with E-state index in [1.165, 1.54) is 36.3 Å². The molecule has 4 saturated carbocycles. The normalized spacial score (nSPS) is 29.7. The van der Waals surface area contributed by atoms with E-state index in [4.69, 9.17) is 52.1 Å². The molecule has 480 valence electrons. The van der Waals surface area contributed by atoms with Crippen LogP contribution in [0.5, 0.6) is 0 Å². The average molecular weight is 1370 g/mol. The summed E-state index contributed by atoms with van der Waals surface area (Å²) in [5.74, 6) is -3.85. The predicted molar refractivity (Wildman–Crippen MR) is 349 cm³/mol. The van der Waals surface area contributed by atoms with Crippen molar-refractivity contribution in [1.82, 2.24) is 41.0 Å². The number of rotatable bonds is 8. The number of aromatic nitrogens is 6. The Kier molecular flexibility index (Phi) is 19.1. The van der Waals surface area contributed by atoms with Crippen LogP contribution in [0.4, 0.5) is 20.2 Å². The van der Waals surface area contributed by atoms with Crippen LogP contribution >= 0.6 is 81.5 Å². The molecule has 90 heavy (non-hydrogen) atoms. The van der Waals surface area contributed by atoms with Crippen molar-refractivity contribution >= 4 is 116 Å². The fourth-order valence-electron chi connectivity index (χ4n) is 16.8. The minimum absolute atomic E-state index is 0. The Hall–Kier alpha value is -4.87. The molecule has 2 amide bonds. The largest absolute Gasteiger partial charge is 0.480 e. The molecule has 16 nitrogen and oxygen atoms in total. The molecule has 8 heterocycles. The van der Waals surface area contributed by atoms with E-state index in [0.717, 1.165) is 74.8 Å². The van der Waals surface area contributed by atoms with Gasteiger partial charge in [0.2, 0.25) is 11.8 Å². The number of aliphatic carboxylic acids is 1. The Morgan fingerprint density at radius 2 is 1.02 bits per heavy atom. The van der Waals surface area contributed by atoms with Gasteiger partial charge in [-0.1, -0.05) is 86.2 Å². The van der Waals surface area contributed by atoms with E-state index in [9.17, 15) is 24.3 Å². The molecule has 1 unspecified atom stereocenters. The number of fused-ring (bicyclic) bond motifs is 6. The van der Waals surface area contributed by atoms with Crippen molar-refractivity contribution in [3.8, 4) is 0 Å². The first-order valence-electron chi connectivity index (χ1n) is 30.8. The molecule has 4 aliphatic heterocycles.